The number of carbonyl (C=O) groups excluding carboxylic acids is 2. The zero-order valence-electron chi connectivity index (χ0n) is 11.2. The molecule has 2 atom stereocenters. The van der Waals surface area contributed by atoms with Crippen molar-refractivity contribution in [1.29, 1.82) is 0 Å². The van der Waals surface area contributed by atoms with Crippen molar-refractivity contribution in [3.8, 4) is 0 Å². The second kappa shape index (κ2) is 7.67. The average Bonchev–Trinajstić information content (AvgIpc) is 2.92. The summed E-state index contributed by atoms with van der Waals surface area (Å²) in [5.74, 6) is -0.0914. The minimum Gasteiger partial charge on any atom is -0.378 e. The summed E-state index contributed by atoms with van der Waals surface area (Å²) in [6.07, 6.45) is 1.87. The smallest absolute Gasteiger partial charge is 0.245 e. The molecule has 2 rings (SSSR count). The number of ether oxygens (including phenoxy) is 1. The maximum absolute atomic E-state index is 12.1. The zero-order chi connectivity index (χ0) is 13.0. The summed E-state index contributed by atoms with van der Waals surface area (Å²) in [7, 11) is 0. The number of rotatable bonds is 3. The quantitative estimate of drug-likeness (QED) is 0.737. The predicted octanol–water partition coefficient (Wildman–Crippen LogP) is -0.476. The Morgan fingerprint density at radius 1 is 1.37 bits per heavy atom. The zero-order valence-corrected chi connectivity index (χ0v) is 12.0. The molecule has 0 bridgehead atoms. The van der Waals surface area contributed by atoms with Crippen molar-refractivity contribution in [3.63, 3.8) is 0 Å². The van der Waals surface area contributed by atoms with Gasteiger partial charge in [-0.15, -0.1) is 12.4 Å². The topological polar surface area (TPSA) is 70.7 Å². The molecule has 110 valence electrons. The summed E-state index contributed by atoms with van der Waals surface area (Å²) >= 11 is 0. The standard InChI is InChI=1S/C12H21N3O3.ClH/c1-9(12(17)15-5-7-18-8-6-15)14-11(16)10-3-2-4-13-10;/h9-10,13H,2-8H2,1H3,(H,14,16);1H. The van der Waals surface area contributed by atoms with Crippen molar-refractivity contribution in [2.24, 2.45) is 0 Å². The molecule has 2 saturated heterocycles. The molecule has 2 fully saturated rings. The first-order valence-electron chi connectivity index (χ1n) is 6.59. The fourth-order valence-electron chi connectivity index (χ4n) is 2.34. The lowest BCUT2D eigenvalue weighted by Crippen LogP contribution is -2.53. The third kappa shape index (κ3) is 4.33. The van der Waals surface area contributed by atoms with Gasteiger partial charge in [0.1, 0.15) is 6.04 Å². The van der Waals surface area contributed by atoms with Crippen molar-refractivity contribution in [2.45, 2.75) is 31.8 Å². The van der Waals surface area contributed by atoms with E-state index in [0.717, 1.165) is 19.4 Å². The molecule has 2 unspecified atom stereocenters. The van der Waals surface area contributed by atoms with Gasteiger partial charge in [0.2, 0.25) is 11.8 Å². The maximum atomic E-state index is 12.1. The predicted molar refractivity (Wildman–Crippen MR) is 73.3 cm³/mol. The highest BCUT2D eigenvalue weighted by Gasteiger charge is 2.27. The van der Waals surface area contributed by atoms with Gasteiger partial charge in [-0.2, -0.15) is 0 Å². The van der Waals surface area contributed by atoms with Crippen molar-refractivity contribution in [2.75, 3.05) is 32.8 Å². The normalized spacial score (nSPS) is 24.5. The molecule has 0 aliphatic carbocycles. The van der Waals surface area contributed by atoms with Gasteiger partial charge in [0.25, 0.3) is 0 Å². The van der Waals surface area contributed by atoms with E-state index in [9.17, 15) is 9.59 Å². The number of amides is 2. The molecule has 19 heavy (non-hydrogen) atoms. The van der Waals surface area contributed by atoms with Gasteiger partial charge in [-0.25, -0.2) is 0 Å². The summed E-state index contributed by atoms with van der Waals surface area (Å²) in [5.41, 5.74) is 0. The Bertz CT molecular complexity index is 315. The molecule has 0 radical (unpaired) electrons. The van der Waals surface area contributed by atoms with Gasteiger partial charge >= 0.3 is 0 Å². The van der Waals surface area contributed by atoms with Gasteiger partial charge in [-0.1, -0.05) is 0 Å². The lowest BCUT2D eigenvalue weighted by molar-refractivity contribution is -0.139. The Kier molecular flexibility index (Phi) is 6.54. The van der Waals surface area contributed by atoms with E-state index in [1.54, 1.807) is 11.8 Å². The average molecular weight is 292 g/mol. The summed E-state index contributed by atoms with van der Waals surface area (Å²) in [6.45, 7) is 5.00. The number of hydrogen-bond donors (Lipinski definition) is 2. The first-order chi connectivity index (χ1) is 8.68. The highest BCUT2D eigenvalue weighted by Crippen LogP contribution is 2.06. The van der Waals surface area contributed by atoms with E-state index in [4.69, 9.17) is 4.74 Å². The van der Waals surface area contributed by atoms with Crippen molar-refractivity contribution >= 4 is 24.2 Å². The van der Waals surface area contributed by atoms with Crippen LogP contribution in [0.2, 0.25) is 0 Å². The number of morpholine rings is 1. The van der Waals surface area contributed by atoms with Gasteiger partial charge in [-0.05, 0) is 26.3 Å². The van der Waals surface area contributed by atoms with Crippen LogP contribution in [0.5, 0.6) is 0 Å². The van der Waals surface area contributed by atoms with Crippen LogP contribution in [0.25, 0.3) is 0 Å². The SMILES string of the molecule is CC(NC(=O)C1CCCN1)C(=O)N1CCOCC1.Cl. The van der Waals surface area contributed by atoms with Crippen molar-refractivity contribution in [1.82, 2.24) is 15.5 Å². The minimum absolute atomic E-state index is 0. The molecule has 2 heterocycles. The lowest BCUT2D eigenvalue weighted by atomic mass is 10.2. The van der Waals surface area contributed by atoms with E-state index in [0.29, 0.717) is 26.3 Å². The summed E-state index contributed by atoms with van der Waals surface area (Å²) in [5, 5.41) is 5.91. The second-order valence-corrected chi connectivity index (χ2v) is 4.82. The Labute approximate surface area is 119 Å². The van der Waals surface area contributed by atoms with Crippen LogP contribution in [-0.4, -0.2) is 61.6 Å². The van der Waals surface area contributed by atoms with Gasteiger partial charge in [0, 0.05) is 13.1 Å². The van der Waals surface area contributed by atoms with Gasteiger partial charge in [-0.3, -0.25) is 9.59 Å². The molecule has 2 aliphatic rings. The summed E-state index contributed by atoms with van der Waals surface area (Å²) < 4.78 is 5.20. The number of nitrogens with one attached hydrogen (secondary N) is 2. The van der Waals surface area contributed by atoms with Crippen molar-refractivity contribution < 1.29 is 14.3 Å². The van der Waals surface area contributed by atoms with E-state index in [2.05, 4.69) is 10.6 Å². The summed E-state index contributed by atoms with van der Waals surface area (Å²) in [4.78, 5) is 25.7. The molecule has 6 nitrogen and oxygen atoms in total. The monoisotopic (exact) mass is 291 g/mol. The van der Waals surface area contributed by atoms with E-state index in [-0.39, 0.29) is 30.3 Å². The molecule has 0 saturated carbocycles. The van der Waals surface area contributed by atoms with Crippen LogP contribution >= 0.6 is 12.4 Å². The van der Waals surface area contributed by atoms with E-state index in [1.807, 2.05) is 0 Å². The van der Waals surface area contributed by atoms with Crippen LogP contribution in [0.15, 0.2) is 0 Å². The molecule has 2 aliphatic heterocycles. The Balaban J connectivity index is 0.00000180. The van der Waals surface area contributed by atoms with Crippen LogP contribution in [0, 0.1) is 0 Å². The number of nitrogens with zero attached hydrogens (tertiary/aromatic N) is 1. The number of halogens is 1. The maximum Gasteiger partial charge on any atom is 0.245 e. The third-order valence-corrected chi connectivity index (χ3v) is 3.43. The van der Waals surface area contributed by atoms with Gasteiger partial charge < -0.3 is 20.3 Å². The van der Waals surface area contributed by atoms with Crippen LogP contribution in [0.3, 0.4) is 0 Å². The molecule has 0 aromatic carbocycles. The van der Waals surface area contributed by atoms with E-state index in [1.165, 1.54) is 0 Å². The van der Waals surface area contributed by atoms with E-state index >= 15 is 0 Å². The molecule has 2 amide bonds. The van der Waals surface area contributed by atoms with Gasteiger partial charge in [0.15, 0.2) is 0 Å². The number of carbonyl (C=O) groups is 2. The number of hydrogen-bond acceptors (Lipinski definition) is 4. The molecular formula is C12H22ClN3O3. The highest BCUT2D eigenvalue weighted by atomic mass is 35.5. The Morgan fingerprint density at radius 2 is 2.05 bits per heavy atom. The molecule has 7 heteroatoms. The molecule has 0 aromatic rings. The van der Waals surface area contributed by atoms with Crippen LogP contribution in [0.1, 0.15) is 19.8 Å². The van der Waals surface area contributed by atoms with Crippen LogP contribution < -0.4 is 10.6 Å². The van der Waals surface area contributed by atoms with Gasteiger partial charge in [0.05, 0.1) is 19.3 Å². The fraction of sp³-hybridized carbons (Fsp3) is 0.833. The first-order valence-corrected chi connectivity index (χ1v) is 6.59. The Hall–Kier alpha value is -0.850. The summed E-state index contributed by atoms with van der Waals surface area (Å²) in [6, 6.07) is -0.595. The van der Waals surface area contributed by atoms with Crippen LogP contribution in [-0.2, 0) is 14.3 Å². The molecular weight excluding hydrogens is 270 g/mol. The molecule has 0 spiro atoms. The molecule has 2 N–H and O–H groups in total. The van der Waals surface area contributed by atoms with E-state index < -0.39 is 6.04 Å². The first kappa shape index (κ1) is 16.2. The molecule has 0 aromatic heterocycles. The fourth-order valence-corrected chi connectivity index (χ4v) is 2.34. The second-order valence-electron chi connectivity index (χ2n) is 4.82. The largest absolute Gasteiger partial charge is 0.378 e. The van der Waals surface area contributed by atoms with Crippen LogP contribution in [0.4, 0.5) is 0 Å². The third-order valence-electron chi connectivity index (χ3n) is 3.43. The highest BCUT2D eigenvalue weighted by molar-refractivity contribution is 5.89. The minimum atomic E-state index is -0.460. The van der Waals surface area contributed by atoms with Crippen molar-refractivity contribution in [3.05, 3.63) is 0 Å². The lowest BCUT2D eigenvalue weighted by Gasteiger charge is -2.29. The Morgan fingerprint density at radius 3 is 2.63 bits per heavy atom.